The fraction of sp³-hybridized carbons (Fsp3) is 0.278. The van der Waals surface area contributed by atoms with Crippen molar-refractivity contribution in [3.63, 3.8) is 0 Å². The van der Waals surface area contributed by atoms with Gasteiger partial charge in [-0.1, -0.05) is 17.7 Å². The molecule has 2 rings (SSSR count). The predicted octanol–water partition coefficient (Wildman–Crippen LogP) is 3.81. The van der Waals surface area contributed by atoms with Crippen LogP contribution in [0, 0.1) is 12.7 Å². The van der Waals surface area contributed by atoms with Crippen LogP contribution in [-0.4, -0.2) is 24.3 Å². The molecule has 2 aromatic rings. The number of carbonyl (C=O) groups excluding carboxylic acids is 1. The van der Waals surface area contributed by atoms with Crippen molar-refractivity contribution in [2.75, 3.05) is 12.3 Å². The number of thioether (sulfide) groups is 1. The van der Waals surface area contributed by atoms with Crippen LogP contribution in [0.3, 0.4) is 0 Å². The summed E-state index contributed by atoms with van der Waals surface area (Å²) in [4.78, 5) is 13.1. The zero-order valence-electron chi connectivity index (χ0n) is 13.2. The molecule has 0 aromatic heterocycles. The predicted molar refractivity (Wildman–Crippen MR) is 91.4 cm³/mol. The van der Waals surface area contributed by atoms with Crippen LogP contribution in [0.4, 0.5) is 4.39 Å². The van der Waals surface area contributed by atoms with Crippen LogP contribution in [0.2, 0.25) is 0 Å². The van der Waals surface area contributed by atoms with E-state index in [-0.39, 0.29) is 11.7 Å². The number of nitrogens with one attached hydrogen (secondary N) is 1. The zero-order valence-corrected chi connectivity index (χ0v) is 14.0. The topological polar surface area (TPSA) is 38.3 Å². The highest BCUT2D eigenvalue weighted by atomic mass is 32.2. The number of hydrogen-bond donors (Lipinski definition) is 1. The molecular formula is C18H20FNO2S. The Bertz CT molecular complexity index is 628. The Labute approximate surface area is 140 Å². The van der Waals surface area contributed by atoms with Crippen LogP contribution < -0.4 is 10.1 Å². The molecular weight excluding hydrogens is 313 g/mol. The minimum absolute atomic E-state index is 0.182. The molecule has 3 nitrogen and oxygen atoms in total. The van der Waals surface area contributed by atoms with Crippen LogP contribution >= 0.6 is 11.8 Å². The van der Waals surface area contributed by atoms with Gasteiger partial charge in [0.15, 0.2) is 6.10 Å². The van der Waals surface area contributed by atoms with Gasteiger partial charge >= 0.3 is 0 Å². The lowest BCUT2D eigenvalue weighted by atomic mass is 10.2. The van der Waals surface area contributed by atoms with Gasteiger partial charge in [-0.2, -0.15) is 0 Å². The highest BCUT2D eigenvalue weighted by Crippen LogP contribution is 2.17. The van der Waals surface area contributed by atoms with E-state index in [0.29, 0.717) is 12.3 Å². The van der Waals surface area contributed by atoms with Gasteiger partial charge in [-0.05, 0) is 50.2 Å². The molecule has 0 unspecified atom stereocenters. The number of amides is 1. The van der Waals surface area contributed by atoms with Crippen molar-refractivity contribution in [2.45, 2.75) is 24.8 Å². The lowest BCUT2D eigenvalue weighted by Gasteiger charge is -2.14. The SMILES string of the molecule is Cc1ccc(SCCNC(=O)[C@H](C)Oc2ccc(F)cc2)cc1. The Morgan fingerprint density at radius 3 is 2.48 bits per heavy atom. The number of aryl methyl sites for hydroxylation is 1. The van der Waals surface area contributed by atoms with Gasteiger partial charge < -0.3 is 10.1 Å². The second-order valence-corrected chi connectivity index (χ2v) is 6.33. The molecule has 2 aromatic carbocycles. The minimum atomic E-state index is -0.621. The molecule has 0 spiro atoms. The van der Waals surface area contributed by atoms with E-state index in [0.717, 1.165) is 5.75 Å². The van der Waals surface area contributed by atoms with Gasteiger partial charge in [0.1, 0.15) is 11.6 Å². The third kappa shape index (κ3) is 5.94. The number of rotatable bonds is 7. The highest BCUT2D eigenvalue weighted by Gasteiger charge is 2.13. The van der Waals surface area contributed by atoms with Crippen molar-refractivity contribution in [1.29, 1.82) is 0 Å². The van der Waals surface area contributed by atoms with Gasteiger partial charge in [0.2, 0.25) is 0 Å². The molecule has 0 aliphatic heterocycles. The molecule has 122 valence electrons. The minimum Gasteiger partial charge on any atom is -0.481 e. The molecule has 0 radical (unpaired) electrons. The molecule has 5 heteroatoms. The van der Waals surface area contributed by atoms with Crippen LogP contribution in [0.5, 0.6) is 5.75 Å². The molecule has 23 heavy (non-hydrogen) atoms. The average molecular weight is 333 g/mol. The van der Waals surface area contributed by atoms with Crippen LogP contribution in [-0.2, 0) is 4.79 Å². The number of halogens is 1. The van der Waals surface area contributed by atoms with Crippen LogP contribution in [0.15, 0.2) is 53.4 Å². The van der Waals surface area contributed by atoms with E-state index in [1.54, 1.807) is 18.7 Å². The largest absolute Gasteiger partial charge is 0.481 e. The smallest absolute Gasteiger partial charge is 0.260 e. The van der Waals surface area contributed by atoms with Gasteiger partial charge in [0, 0.05) is 17.2 Å². The quantitative estimate of drug-likeness (QED) is 0.618. The summed E-state index contributed by atoms with van der Waals surface area (Å²) in [5, 5.41) is 2.84. The van der Waals surface area contributed by atoms with E-state index in [4.69, 9.17) is 4.74 Å². The summed E-state index contributed by atoms with van der Waals surface area (Å²) in [6.45, 7) is 4.29. The Morgan fingerprint density at radius 2 is 1.83 bits per heavy atom. The van der Waals surface area contributed by atoms with Gasteiger partial charge in [-0.25, -0.2) is 4.39 Å². The fourth-order valence-corrected chi connectivity index (χ4v) is 2.66. The van der Waals surface area contributed by atoms with E-state index in [9.17, 15) is 9.18 Å². The second kappa shape index (κ2) is 8.58. The van der Waals surface area contributed by atoms with Gasteiger partial charge in [-0.3, -0.25) is 4.79 Å². The normalized spacial score (nSPS) is 11.8. The number of ether oxygens (including phenoxy) is 1. The average Bonchev–Trinajstić information content (AvgIpc) is 2.55. The first-order valence-electron chi connectivity index (χ1n) is 7.44. The number of hydrogen-bond acceptors (Lipinski definition) is 3. The molecule has 0 heterocycles. The standard InChI is InChI=1S/C18H20FNO2S/c1-13-3-9-17(10-4-13)23-12-11-20-18(21)14(2)22-16-7-5-15(19)6-8-16/h3-10,14H,11-12H2,1-2H3,(H,20,21)/t14-/m0/s1. The van der Waals surface area contributed by atoms with Crippen LogP contribution in [0.1, 0.15) is 12.5 Å². The molecule has 0 bridgehead atoms. The summed E-state index contributed by atoms with van der Waals surface area (Å²) < 4.78 is 18.3. The van der Waals surface area contributed by atoms with Gasteiger partial charge in [0.05, 0.1) is 0 Å². The summed E-state index contributed by atoms with van der Waals surface area (Å²) in [5.74, 6) is 0.752. The molecule has 0 fully saturated rings. The lowest BCUT2D eigenvalue weighted by Crippen LogP contribution is -2.37. The molecule has 0 aliphatic carbocycles. The Kier molecular flexibility index (Phi) is 6.47. The van der Waals surface area contributed by atoms with Crippen molar-refractivity contribution in [2.24, 2.45) is 0 Å². The maximum absolute atomic E-state index is 12.8. The zero-order chi connectivity index (χ0) is 16.7. The van der Waals surface area contributed by atoms with Gasteiger partial charge in [0.25, 0.3) is 5.91 Å². The molecule has 1 atom stereocenters. The summed E-state index contributed by atoms with van der Waals surface area (Å²) in [6.07, 6.45) is -0.621. The summed E-state index contributed by atoms with van der Waals surface area (Å²) in [5.41, 5.74) is 1.23. The molecule has 1 N–H and O–H groups in total. The van der Waals surface area contributed by atoms with E-state index in [1.165, 1.54) is 34.7 Å². The maximum atomic E-state index is 12.8. The van der Waals surface area contributed by atoms with Crippen molar-refractivity contribution in [3.8, 4) is 5.75 Å². The van der Waals surface area contributed by atoms with Crippen molar-refractivity contribution >= 4 is 17.7 Å². The van der Waals surface area contributed by atoms with E-state index >= 15 is 0 Å². The molecule has 1 amide bonds. The monoisotopic (exact) mass is 333 g/mol. The summed E-state index contributed by atoms with van der Waals surface area (Å²) >= 11 is 1.69. The second-order valence-electron chi connectivity index (χ2n) is 5.17. The van der Waals surface area contributed by atoms with Crippen molar-refractivity contribution in [1.82, 2.24) is 5.32 Å². The third-order valence-electron chi connectivity index (χ3n) is 3.19. The highest BCUT2D eigenvalue weighted by molar-refractivity contribution is 7.99. The summed E-state index contributed by atoms with van der Waals surface area (Å²) in [6, 6.07) is 13.9. The molecule has 0 saturated heterocycles. The van der Waals surface area contributed by atoms with Crippen molar-refractivity contribution < 1.29 is 13.9 Å². The molecule has 0 aliphatic rings. The fourth-order valence-electron chi connectivity index (χ4n) is 1.89. The van der Waals surface area contributed by atoms with Crippen LogP contribution in [0.25, 0.3) is 0 Å². The molecule has 0 saturated carbocycles. The maximum Gasteiger partial charge on any atom is 0.260 e. The Balaban J connectivity index is 1.69. The van der Waals surface area contributed by atoms with Gasteiger partial charge in [-0.15, -0.1) is 11.8 Å². The first-order valence-corrected chi connectivity index (χ1v) is 8.42. The first-order chi connectivity index (χ1) is 11.0. The summed E-state index contributed by atoms with van der Waals surface area (Å²) in [7, 11) is 0. The first kappa shape index (κ1) is 17.3. The number of carbonyl (C=O) groups is 1. The Morgan fingerprint density at radius 1 is 1.17 bits per heavy atom. The van der Waals surface area contributed by atoms with E-state index in [1.807, 2.05) is 0 Å². The Hall–Kier alpha value is -2.01. The van der Waals surface area contributed by atoms with Crippen molar-refractivity contribution in [3.05, 3.63) is 59.9 Å². The van der Waals surface area contributed by atoms with E-state index in [2.05, 4.69) is 36.5 Å². The third-order valence-corrected chi connectivity index (χ3v) is 4.20. The number of benzene rings is 2. The lowest BCUT2D eigenvalue weighted by molar-refractivity contribution is -0.127. The van der Waals surface area contributed by atoms with E-state index < -0.39 is 6.10 Å².